The Hall–Kier alpha value is -1.06. The molecule has 0 aliphatic carbocycles. The van der Waals surface area contributed by atoms with Gasteiger partial charge in [0.2, 0.25) is 0 Å². The van der Waals surface area contributed by atoms with Gasteiger partial charge in [0.05, 0.1) is 0 Å². The first-order valence-corrected chi connectivity index (χ1v) is 5.50. The molecule has 3 N–H and O–H groups in total. The number of rotatable bonds is 3. The van der Waals surface area contributed by atoms with Crippen LogP contribution in [0.15, 0.2) is 18.2 Å². The zero-order chi connectivity index (χ0) is 12.3. The number of nitrogens with one attached hydrogen (secondary N) is 1. The lowest BCUT2D eigenvalue weighted by Gasteiger charge is -2.19. The number of carbonyl (C=O) groups excluding carboxylic acids is 1. The minimum absolute atomic E-state index is 0.140. The monoisotopic (exact) mass is 240 g/mol. The molecule has 0 saturated heterocycles. The Morgan fingerprint density at radius 1 is 1.50 bits per heavy atom. The molecule has 0 unspecified atom stereocenters. The van der Waals surface area contributed by atoms with Crippen molar-refractivity contribution in [2.24, 2.45) is 5.73 Å². The number of nitrogens with two attached hydrogens (primary N) is 1. The molecule has 4 heteroatoms. The Kier molecular flexibility index (Phi) is 3.94. The summed E-state index contributed by atoms with van der Waals surface area (Å²) in [5.74, 6) is -0.140. The number of hydrogen-bond donors (Lipinski definition) is 2. The summed E-state index contributed by atoms with van der Waals surface area (Å²) in [5, 5.41) is 3.34. The highest BCUT2D eigenvalue weighted by molar-refractivity contribution is 6.31. The molecule has 0 spiro atoms. The van der Waals surface area contributed by atoms with Crippen LogP contribution in [0.2, 0.25) is 5.02 Å². The van der Waals surface area contributed by atoms with Crippen molar-refractivity contribution >= 4 is 17.5 Å². The molecular formula is C12H17ClN2O. The van der Waals surface area contributed by atoms with Gasteiger partial charge in [-0.15, -0.1) is 0 Å². The summed E-state index contributed by atoms with van der Waals surface area (Å²) >= 11 is 5.85. The Morgan fingerprint density at radius 3 is 2.69 bits per heavy atom. The van der Waals surface area contributed by atoms with Gasteiger partial charge in [-0.3, -0.25) is 4.79 Å². The molecule has 0 aliphatic rings. The molecule has 88 valence electrons. The van der Waals surface area contributed by atoms with E-state index in [1.165, 1.54) is 0 Å². The van der Waals surface area contributed by atoms with E-state index in [-0.39, 0.29) is 5.91 Å². The van der Waals surface area contributed by atoms with Crippen molar-refractivity contribution in [2.45, 2.75) is 26.3 Å². The summed E-state index contributed by atoms with van der Waals surface area (Å²) in [6.07, 6.45) is 0. The van der Waals surface area contributed by atoms with E-state index in [0.717, 1.165) is 5.56 Å². The molecule has 1 rings (SSSR count). The molecule has 0 saturated carbocycles. The lowest BCUT2D eigenvalue weighted by Crippen LogP contribution is -2.45. The first-order chi connectivity index (χ1) is 7.29. The third-order valence-electron chi connectivity index (χ3n) is 2.15. The maximum atomic E-state index is 11.8. The number of halogens is 1. The fraction of sp³-hybridized carbons (Fsp3) is 0.417. The Labute approximate surface area is 101 Å². The molecule has 1 aromatic rings. The smallest absolute Gasteiger partial charge is 0.251 e. The fourth-order valence-corrected chi connectivity index (χ4v) is 1.41. The summed E-state index contributed by atoms with van der Waals surface area (Å²) < 4.78 is 0. The van der Waals surface area contributed by atoms with E-state index in [1.54, 1.807) is 12.1 Å². The minimum Gasteiger partial charge on any atom is -0.350 e. The van der Waals surface area contributed by atoms with Crippen LogP contribution < -0.4 is 11.1 Å². The van der Waals surface area contributed by atoms with Gasteiger partial charge >= 0.3 is 0 Å². The molecule has 16 heavy (non-hydrogen) atoms. The SMILES string of the molecule is Cc1ccc(Cl)cc1C(=O)NCC(C)(C)N. The van der Waals surface area contributed by atoms with Gasteiger partial charge in [0.25, 0.3) is 5.91 Å². The first kappa shape index (κ1) is 13.0. The van der Waals surface area contributed by atoms with Crippen molar-refractivity contribution in [1.82, 2.24) is 5.32 Å². The average Bonchev–Trinajstić information content (AvgIpc) is 2.17. The van der Waals surface area contributed by atoms with Gasteiger partial charge in [0.1, 0.15) is 0 Å². The Morgan fingerprint density at radius 2 is 2.12 bits per heavy atom. The van der Waals surface area contributed by atoms with Crippen molar-refractivity contribution < 1.29 is 4.79 Å². The topological polar surface area (TPSA) is 55.1 Å². The summed E-state index contributed by atoms with van der Waals surface area (Å²) in [5.41, 5.74) is 6.87. The molecule has 0 fully saturated rings. The second-order valence-corrected chi connectivity index (χ2v) is 5.07. The molecule has 0 atom stereocenters. The highest BCUT2D eigenvalue weighted by atomic mass is 35.5. The lowest BCUT2D eigenvalue weighted by atomic mass is 10.1. The highest BCUT2D eigenvalue weighted by Crippen LogP contribution is 2.15. The zero-order valence-electron chi connectivity index (χ0n) is 9.80. The number of hydrogen-bond acceptors (Lipinski definition) is 2. The van der Waals surface area contributed by atoms with Crippen LogP contribution in [-0.4, -0.2) is 18.0 Å². The van der Waals surface area contributed by atoms with Crippen molar-refractivity contribution in [3.8, 4) is 0 Å². The van der Waals surface area contributed by atoms with Crippen LogP contribution in [-0.2, 0) is 0 Å². The molecule has 1 amide bonds. The largest absolute Gasteiger partial charge is 0.350 e. The van der Waals surface area contributed by atoms with E-state index in [9.17, 15) is 4.79 Å². The molecule has 3 nitrogen and oxygen atoms in total. The molecule has 0 heterocycles. The second kappa shape index (κ2) is 4.85. The van der Waals surface area contributed by atoms with Crippen LogP contribution >= 0.6 is 11.6 Å². The van der Waals surface area contributed by atoms with Crippen molar-refractivity contribution in [3.05, 3.63) is 34.3 Å². The molecule has 1 aromatic carbocycles. The van der Waals surface area contributed by atoms with Gasteiger partial charge in [0.15, 0.2) is 0 Å². The number of amides is 1. The van der Waals surface area contributed by atoms with Gasteiger partial charge in [-0.05, 0) is 38.5 Å². The predicted octanol–water partition coefficient (Wildman–Crippen LogP) is 2.12. The maximum absolute atomic E-state index is 11.8. The molecule has 0 aromatic heterocycles. The quantitative estimate of drug-likeness (QED) is 0.850. The van der Waals surface area contributed by atoms with Crippen molar-refractivity contribution in [1.29, 1.82) is 0 Å². The van der Waals surface area contributed by atoms with Gasteiger partial charge in [-0.25, -0.2) is 0 Å². The van der Waals surface area contributed by atoms with Crippen molar-refractivity contribution in [3.63, 3.8) is 0 Å². The fourth-order valence-electron chi connectivity index (χ4n) is 1.24. The molecule has 0 bridgehead atoms. The van der Waals surface area contributed by atoms with Gasteiger partial charge in [-0.2, -0.15) is 0 Å². The number of benzene rings is 1. The molecular weight excluding hydrogens is 224 g/mol. The zero-order valence-corrected chi connectivity index (χ0v) is 10.6. The van der Waals surface area contributed by atoms with E-state index in [2.05, 4.69) is 5.32 Å². The predicted molar refractivity (Wildman–Crippen MR) is 66.8 cm³/mol. The van der Waals surface area contributed by atoms with Gasteiger partial charge in [0, 0.05) is 22.7 Å². The number of aryl methyl sites for hydroxylation is 1. The van der Waals surface area contributed by atoms with E-state index in [4.69, 9.17) is 17.3 Å². The summed E-state index contributed by atoms with van der Waals surface area (Å²) in [7, 11) is 0. The first-order valence-electron chi connectivity index (χ1n) is 5.13. The normalized spacial score (nSPS) is 11.3. The number of carbonyl (C=O) groups is 1. The average molecular weight is 241 g/mol. The van der Waals surface area contributed by atoms with E-state index in [1.807, 2.05) is 26.8 Å². The maximum Gasteiger partial charge on any atom is 0.251 e. The van der Waals surface area contributed by atoms with Crippen LogP contribution in [0.1, 0.15) is 29.8 Å². The molecule has 0 aliphatic heterocycles. The third kappa shape index (κ3) is 3.83. The van der Waals surface area contributed by atoms with Gasteiger partial charge in [-0.1, -0.05) is 17.7 Å². The van der Waals surface area contributed by atoms with E-state index in [0.29, 0.717) is 17.1 Å². The minimum atomic E-state index is -0.415. The van der Waals surface area contributed by atoms with E-state index >= 15 is 0 Å². The molecule has 0 radical (unpaired) electrons. The van der Waals surface area contributed by atoms with Crippen LogP contribution in [0, 0.1) is 6.92 Å². The standard InChI is InChI=1S/C12H17ClN2O/c1-8-4-5-9(13)6-10(8)11(16)15-7-12(2,3)14/h4-6H,7,14H2,1-3H3,(H,15,16). The van der Waals surface area contributed by atoms with E-state index < -0.39 is 5.54 Å². The third-order valence-corrected chi connectivity index (χ3v) is 2.38. The Balaban J connectivity index is 2.77. The van der Waals surface area contributed by atoms with Gasteiger partial charge < -0.3 is 11.1 Å². The van der Waals surface area contributed by atoms with Crippen LogP contribution in [0.25, 0.3) is 0 Å². The van der Waals surface area contributed by atoms with Crippen LogP contribution in [0.5, 0.6) is 0 Å². The van der Waals surface area contributed by atoms with Crippen molar-refractivity contribution in [2.75, 3.05) is 6.54 Å². The van der Waals surface area contributed by atoms with Crippen LogP contribution in [0.4, 0.5) is 0 Å². The second-order valence-electron chi connectivity index (χ2n) is 4.63. The lowest BCUT2D eigenvalue weighted by molar-refractivity contribution is 0.0945. The summed E-state index contributed by atoms with van der Waals surface area (Å²) in [6, 6.07) is 5.25. The Bertz CT molecular complexity index is 396. The summed E-state index contributed by atoms with van der Waals surface area (Å²) in [4.78, 5) is 11.8. The highest BCUT2D eigenvalue weighted by Gasteiger charge is 2.14. The summed E-state index contributed by atoms with van der Waals surface area (Å²) in [6.45, 7) is 6.02. The van der Waals surface area contributed by atoms with Crippen LogP contribution in [0.3, 0.4) is 0 Å².